The van der Waals surface area contributed by atoms with E-state index in [-0.39, 0.29) is 16.9 Å². The quantitative estimate of drug-likeness (QED) is 0.347. The van der Waals surface area contributed by atoms with Crippen molar-refractivity contribution in [1.82, 2.24) is 5.32 Å². The first-order chi connectivity index (χ1) is 14.5. The molecule has 0 fully saturated rings. The number of amides is 1. The van der Waals surface area contributed by atoms with Crippen molar-refractivity contribution in [3.8, 4) is 0 Å². The van der Waals surface area contributed by atoms with Crippen molar-refractivity contribution >= 4 is 20.2 Å². The number of rotatable bonds is 10. The molecule has 1 aromatic carbocycles. The Labute approximate surface area is 196 Å². The molecular weight excluding hydrogens is 418 g/mol. The van der Waals surface area contributed by atoms with Crippen LogP contribution in [0.4, 0.5) is 0 Å². The third-order valence-corrected chi connectivity index (χ3v) is 10.3. The molecule has 0 aliphatic carbocycles. The Bertz CT molecular complexity index is 732. The predicted octanol–water partition coefficient (Wildman–Crippen LogP) is 5.88. The number of ether oxygens (including phenoxy) is 1. The summed E-state index contributed by atoms with van der Waals surface area (Å²) < 4.78 is 12.1. The Morgan fingerprint density at radius 3 is 2.03 bits per heavy atom. The summed E-state index contributed by atoms with van der Waals surface area (Å²) >= 11 is 0. The zero-order valence-corrected chi connectivity index (χ0v) is 22.9. The molecule has 0 aliphatic heterocycles. The van der Waals surface area contributed by atoms with Crippen LogP contribution in [-0.2, 0) is 25.2 Å². The Morgan fingerprint density at radius 1 is 1.00 bits per heavy atom. The molecule has 0 unspecified atom stereocenters. The molecule has 32 heavy (non-hydrogen) atoms. The van der Waals surface area contributed by atoms with Gasteiger partial charge in [0.05, 0.1) is 0 Å². The van der Waals surface area contributed by atoms with E-state index in [0.29, 0.717) is 12.8 Å². The molecule has 182 valence electrons. The molecule has 6 heteroatoms. The molecule has 0 aliphatic rings. The van der Waals surface area contributed by atoms with Crippen molar-refractivity contribution in [3.63, 3.8) is 0 Å². The number of hydrogen-bond donors (Lipinski definition) is 1. The normalized spacial score (nSPS) is 14.7. The summed E-state index contributed by atoms with van der Waals surface area (Å²) in [6.07, 6.45) is 1.19. The van der Waals surface area contributed by atoms with Crippen molar-refractivity contribution in [2.75, 3.05) is 0 Å². The molecule has 1 rings (SSSR count). The SMILES string of the molecule is CC(C)C[C@H](NC(=O)[C@@H](CCc1ccccc1)O[Si](C)(C)C(C)(C)C)C(=O)OC(C)(C)C. The summed E-state index contributed by atoms with van der Waals surface area (Å²) in [4.78, 5) is 26.2. The van der Waals surface area contributed by atoms with E-state index in [1.165, 1.54) is 0 Å². The van der Waals surface area contributed by atoms with Gasteiger partial charge in [0, 0.05) is 0 Å². The van der Waals surface area contributed by atoms with Crippen LogP contribution in [0.15, 0.2) is 30.3 Å². The summed E-state index contributed by atoms with van der Waals surface area (Å²) in [6.45, 7) is 20.3. The van der Waals surface area contributed by atoms with E-state index in [1.807, 2.05) is 52.8 Å². The number of hydrogen-bond acceptors (Lipinski definition) is 4. The zero-order chi connectivity index (χ0) is 24.7. The van der Waals surface area contributed by atoms with Gasteiger partial charge in [-0.2, -0.15) is 0 Å². The Morgan fingerprint density at radius 2 is 1.56 bits per heavy atom. The largest absolute Gasteiger partial charge is 0.458 e. The molecule has 0 bridgehead atoms. The zero-order valence-electron chi connectivity index (χ0n) is 21.9. The van der Waals surface area contributed by atoms with Crippen molar-refractivity contribution in [2.24, 2.45) is 5.92 Å². The van der Waals surface area contributed by atoms with Crippen LogP contribution >= 0.6 is 0 Å². The fourth-order valence-corrected chi connectivity index (χ4v) is 4.33. The Balaban J connectivity index is 3.07. The summed E-state index contributed by atoms with van der Waals surface area (Å²) in [6, 6.07) is 9.41. The second kappa shape index (κ2) is 11.5. The maximum Gasteiger partial charge on any atom is 0.329 e. The minimum absolute atomic E-state index is 0.0270. The van der Waals surface area contributed by atoms with Gasteiger partial charge in [-0.05, 0) is 69.6 Å². The smallest absolute Gasteiger partial charge is 0.329 e. The molecule has 5 nitrogen and oxygen atoms in total. The average molecular weight is 464 g/mol. The maximum atomic E-state index is 13.4. The topological polar surface area (TPSA) is 64.6 Å². The van der Waals surface area contributed by atoms with Crippen LogP contribution in [0.1, 0.15) is 73.8 Å². The van der Waals surface area contributed by atoms with Crippen LogP contribution in [0.3, 0.4) is 0 Å². The van der Waals surface area contributed by atoms with E-state index in [2.05, 4.69) is 51.3 Å². The third kappa shape index (κ3) is 9.86. The van der Waals surface area contributed by atoms with Gasteiger partial charge in [0.2, 0.25) is 5.91 Å². The second-order valence-electron chi connectivity index (χ2n) is 11.6. The maximum absolute atomic E-state index is 13.4. The van der Waals surface area contributed by atoms with Gasteiger partial charge >= 0.3 is 5.97 Å². The monoisotopic (exact) mass is 463 g/mol. The standard InChI is InChI=1S/C26H45NO4Si/c1-19(2)18-21(24(29)30-25(3,4)5)27-23(28)22(31-32(9,10)26(6,7)8)17-16-20-14-12-11-13-15-20/h11-15,19,21-22H,16-18H2,1-10H3,(H,27,28)/t21-,22+/m0/s1. The molecular formula is C26H45NO4Si. The first-order valence-electron chi connectivity index (χ1n) is 11.8. The van der Waals surface area contributed by atoms with Crippen molar-refractivity contribution < 1.29 is 18.8 Å². The molecule has 0 radical (unpaired) electrons. The highest BCUT2D eigenvalue weighted by molar-refractivity contribution is 6.74. The lowest BCUT2D eigenvalue weighted by Gasteiger charge is -2.39. The first kappa shape index (κ1) is 28.4. The molecule has 0 saturated heterocycles. The van der Waals surface area contributed by atoms with Crippen molar-refractivity contribution in [3.05, 3.63) is 35.9 Å². The number of carbonyl (C=O) groups is 2. The van der Waals surface area contributed by atoms with Crippen LogP contribution in [0, 0.1) is 5.92 Å². The fourth-order valence-electron chi connectivity index (χ4n) is 3.04. The number of benzene rings is 1. The van der Waals surface area contributed by atoms with Gasteiger partial charge in [0.1, 0.15) is 17.7 Å². The molecule has 1 aromatic rings. The molecule has 2 atom stereocenters. The van der Waals surface area contributed by atoms with Gasteiger partial charge in [-0.1, -0.05) is 65.0 Å². The number of esters is 1. The lowest BCUT2D eigenvalue weighted by atomic mass is 10.0. The summed E-state index contributed by atoms with van der Waals surface area (Å²) in [5.74, 6) is -0.396. The number of carbonyl (C=O) groups excluding carboxylic acids is 2. The van der Waals surface area contributed by atoms with E-state index < -0.39 is 32.0 Å². The molecule has 0 aromatic heterocycles. The molecule has 0 spiro atoms. The number of aryl methyl sites for hydroxylation is 1. The Kier molecular flexibility index (Phi) is 10.2. The van der Waals surface area contributed by atoms with Crippen LogP contribution in [0.2, 0.25) is 18.1 Å². The summed E-state index contributed by atoms with van der Waals surface area (Å²) in [7, 11) is -2.19. The van der Waals surface area contributed by atoms with Gasteiger partial charge < -0.3 is 14.5 Å². The van der Waals surface area contributed by atoms with Crippen LogP contribution in [-0.4, -0.2) is 37.9 Å². The van der Waals surface area contributed by atoms with Crippen molar-refractivity contribution in [1.29, 1.82) is 0 Å². The van der Waals surface area contributed by atoms with E-state index >= 15 is 0 Å². The minimum Gasteiger partial charge on any atom is -0.458 e. The van der Waals surface area contributed by atoms with E-state index in [9.17, 15) is 9.59 Å². The lowest BCUT2D eigenvalue weighted by Crippen LogP contribution is -2.52. The fraction of sp³-hybridized carbons (Fsp3) is 0.692. The highest BCUT2D eigenvalue weighted by Gasteiger charge is 2.41. The Hall–Kier alpha value is -1.66. The van der Waals surface area contributed by atoms with E-state index in [1.54, 1.807) is 0 Å². The van der Waals surface area contributed by atoms with Gasteiger partial charge in [-0.15, -0.1) is 0 Å². The third-order valence-electron chi connectivity index (χ3n) is 5.79. The number of nitrogens with one attached hydrogen (secondary N) is 1. The average Bonchev–Trinajstić information content (AvgIpc) is 2.62. The van der Waals surface area contributed by atoms with E-state index in [0.717, 1.165) is 12.0 Å². The summed E-state index contributed by atoms with van der Waals surface area (Å²) in [5.41, 5.74) is 0.552. The first-order valence-corrected chi connectivity index (χ1v) is 14.7. The highest BCUT2D eigenvalue weighted by atomic mass is 28.4. The highest BCUT2D eigenvalue weighted by Crippen LogP contribution is 2.37. The summed E-state index contributed by atoms with van der Waals surface area (Å²) in [5, 5.41) is 2.94. The van der Waals surface area contributed by atoms with Crippen LogP contribution in [0.5, 0.6) is 0 Å². The minimum atomic E-state index is -2.19. The van der Waals surface area contributed by atoms with Crippen LogP contribution < -0.4 is 5.32 Å². The van der Waals surface area contributed by atoms with Crippen molar-refractivity contribution in [2.45, 2.75) is 111 Å². The van der Waals surface area contributed by atoms with Gasteiger partial charge in [-0.3, -0.25) is 4.79 Å². The predicted molar refractivity (Wildman–Crippen MR) is 134 cm³/mol. The van der Waals surface area contributed by atoms with E-state index in [4.69, 9.17) is 9.16 Å². The van der Waals surface area contributed by atoms with Gasteiger partial charge in [-0.25, -0.2) is 4.79 Å². The molecule has 0 heterocycles. The second-order valence-corrected chi connectivity index (χ2v) is 16.4. The lowest BCUT2D eigenvalue weighted by molar-refractivity contribution is -0.159. The van der Waals surface area contributed by atoms with Gasteiger partial charge in [0.15, 0.2) is 8.32 Å². The van der Waals surface area contributed by atoms with Crippen LogP contribution in [0.25, 0.3) is 0 Å². The van der Waals surface area contributed by atoms with Gasteiger partial charge in [0.25, 0.3) is 0 Å². The molecule has 1 N–H and O–H groups in total. The molecule has 1 amide bonds. The molecule has 0 saturated carbocycles.